The Labute approximate surface area is 146 Å². The Balaban J connectivity index is 2.38. The Hall–Kier alpha value is -3.42. The van der Waals surface area contributed by atoms with Crippen molar-refractivity contribution in [3.8, 4) is 12.1 Å². The number of hydrogen-bond acceptors (Lipinski definition) is 5. The number of benzene rings is 2. The molecule has 8 heteroatoms. The molecule has 2 N–H and O–H groups in total. The summed E-state index contributed by atoms with van der Waals surface area (Å²) in [6.45, 7) is 0. The van der Waals surface area contributed by atoms with Gasteiger partial charge in [0.1, 0.15) is 18.0 Å². The number of halogens is 2. The average Bonchev–Trinajstić information content (AvgIpc) is 2.90. The first-order valence-corrected chi connectivity index (χ1v) is 7.36. The molecule has 0 fully saturated rings. The van der Waals surface area contributed by atoms with Crippen LogP contribution in [0.5, 0.6) is 0 Å². The first-order valence-electron chi connectivity index (χ1n) is 6.98. The summed E-state index contributed by atoms with van der Waals surface area (Å²) in [5, 5.41) is 23.1. The number of aromatic nitrogens is 2. The van der Waals surface area contributed by atoms with E-state index in [1.165, 1.54) is 16.8 Å². The zero-order valence-corrected chi connectivity index (χ0v) is 13.6. The van der Waals surface area contributed by atoms with Crippen molar-refractivity contribution >= 4 is 34.0 Å². The highest BCUT2D eigenvalue weighted by molar-refractivity contribution is 6.35. The van der Waals surface area contributed by atoms with Gasteiger partial charge in [-0.1, -0.05) is 11.6 Å². The Kier molecular flexibility index (Phi) is 3.88. The SMILES string of the molecule is Cn1nc(C#N)c2cc(N)c(C(=O)c3cc(F)ccc3Cl)c(C#N)c21. The highest BCUT2D eigenvalue weighted by Crippen LogP contribution is 2.32. The highest BCUT2D eigenvalue weighted by atomic mass is 35.5. The molecule has 0 unspecified atom stereocenters. The normalized spacial score (nSPS) is 10.4. The minimum absolute atomic E-state index is 0.0149. The number of rotatable bonds is 2. The molecule has 0 spiro atoms. The molecule has 0 saturated carbocycles. The van der Waals surface area contributed by atoms with Gasteiger partial charge in [-0.25, -0.2) is 4.39 Å². The van der Waals surface area contributed by atoms with Gasteiger partial charge >= 0.3 is 0 Å². The number of fused-ring (bicyclic) bond motifs is 1. The van der Waals surface area contributed by atoms with Crippen LogP contribution in [-0.4, -0.2) is 15.6 Å². The van der Waals surface area contributed by atoms with Crippen molar-refractivity contribution in [2.75, 3.05) is 5.73 Å². The number of nitrogen functional groups attached to an aromatic ring is 1. The maximum Gasteiger partial charge on any atom is 0.198 e. The van der Waals surface area contributed by atoms with Crippen molar-refractivity contribution in [2.45, 2.75) is 0 Å². The lowest BCUT2D eigenvalue weighted by atomic mass is 9.94. The van der Waals surface area contributed by atoms with E-state index in [9.17, 15) is 14.4 Å². The summed E-state index contributed by atoms with van der Waals surface area (Å²) in [6.07, 6.45) is 0. The van der Waals surface area contributed by atoms with E-state index in [0.29, 0.717) is 10.9 Å². The van der Waals surface area contributed by atoms with Gasteiger partial charge in [-0.05, 0) is 24.3 Å². The quantitative estimate of drug-likeness (QED) is 0.562. The van der Waals surface area contributed by atoms with Crippen molar-refractivity contribution in [3.63, 3.8) is 0 Å². The molecular weight excluding hydrogens is 345 g/mol. The summed E-state index contributed by atoms with van der Waals surface area (Å²) >= 11 is 5.99. The lowest BCUT2D eigenvalue weighted by Crippen LogP contribution is -2.10. The monoisotopic (exact) mass is 353 g/mol. The van der Waals surface area contributed by atoms with Crippen LogP contribution in [0, 0.1) is 28.5 Å². The molecule has 3 aromatic rings. The van der Waals surface area contributed by atoms with E-state index in [1.54, 1.807) is 7.05 Å². The number of hydrogen-bond donors (Lipinski definition) is 1. The Morgan fingerprint density at radius 1 is 1.32 bits per heavy atom. The van der Waals surface area contributed by atoms with E-state index in [0.717, 1.165) is 12.1 Å². The maximum absolute atomic E-state index is 13.5. The van der Waals surface area contributed by atoms with E-state index in [2.05, 4.69) is 5.10 Å². The highest BCUT2D eigenvalue weighted by Gasteiger charge is 2.25. The van der Waals surface area contributed by atoms with Crippen LogP contribution in [0.4, 0.5) is 10.1 Å². The Morgan fingerprint density at radius 3 is 2.68 bits per heavy atom. The van der Waals surface area contributed by atoms with Crippen LogP contribution in [0.1, 0.15) is 27.2 Å². The summed E-state index contributed by atoms with van der Waals surface area (Å²) in [6, 6.07) is 8.61. The zero-order chi connectivity index (χ0) is 18.3. The van der Waals surface area contributed by atoms with E-state index in [-0.39, 0.29) is 33.1 Å². The smallest absolute Gasteiger partial charge is 0.198 e. The molecule has 0 aliphatic carbocycles. The van der Waals surface area contributed by atoms with Gasteiger partial charge < -0.3 is 5.73 Å². The summed E-state index contributed by atoms with van der Waals surface area (Å²) in [5.41, 5.74) is 6.08. The van der Waals surface area contributed by atoms with Gasteiger partial charge in [-0.15, -0.1) is 0 Å². The minimum atomic E-state index is -0.680. The van der Waals surface area contributed by atoms with Crippen LogP contribution in [0.15, 0.2) is 24.3 Å². The molecule has 6 nitrogen and oxygen atoms in total. The predicted octanol–water partition coefficient (Wildman–Crippen LogP) is 2.92. The first-order chi connectivity index (χ1) is 11.9. The molecule has 1 aromatic heterocycles. The van der Waals surface area contributed by atoms with Gasteiger partial charge in [0, 0.05) is 23.7 Å². The molecule has 25 heavy (non-hydrogen) atoms. The first kappa shape index (κ1) is 16.4. The summed E-state index contributed by atoms with van der Waals surface area (Å²) < 4.78 is 14.8. The van der Waals surface area contributed by atoms with Crippen molar-refractivity contribution in [1.29, 1.82) is 10.5 Å². The summed E-state index contributed by atoms with van der Waals surface area (Å²) in [4.78, 5) is 12.9. The number of anilines is 1. The zero-order valence-electron chi connectivity index (χ0n) is 12.8. The second-order valence-corrected chi connectivity index (χ2v) is 5.67. The fourth-order valence-corrected chi connectivity index (χ4v) is 2.91. The molecule has 0 bridgehead atoms. The molecule has 0 radical (unpaired) electrons. The Morgan fingerprint density at radius 2 is 2.04 bits per heavy atom. The van der Waals surface area contributed by atoms with Gasteiger partial charge in [-0.3, -0.25) is 9.48 Å². The third-order valence-corrected chi connectivity index (χ3v) is 4.11. The number of carbonyl (C=O) groups excluding carboxylic acids is 1. The molecular formula is C17H9ClFN5O. The number of nitriles is 2. The maximum atomic E-state index is 13.5. The lowest BCUT2D eigenvalue weighted by Gasteiger charge is -2.10. The summed E-state index contributed by atoms with van der Waals surface area (Å²) in [7, 11) is 1.55. The third kappa shape index (κ3) is 2.47. The van der Waals surface area contributed by atoms with Crippen molar-refractivity contribution < 1.29 is 9.18 Å². The fraction of sp³-hybridized carbons (Fsp3) is 0.0588. The van der Waals surface area contributed by atoms with E-state index in [4.69, 9.17) is 22.6 Å². The van der Waals surface area contributed by atoms with Gasteiger partial charge in [0.2, 0.25) is 0 Å². The van der Waals surface area contributed by atoms with Gasteiger partial charge in [0.05, 0.1) is 21.7 Å². The molecule has 0 saturated heterocycles. The number of carbonyl (C=O) groups is 1. The second kappa shape index (κ2) is 5.90. The van der Waals surface area contributed by atoms with Crippen LogP contribution >= 0.6 is 11.6 Å². The van der Waals surface area contributed by atoms with Gasteiger partial charge in [-0.2, -0.15) is 15.6 Å². The largest absolute Gasteiger partial charge is 0.398 e. The van der Waals surface area contributed by atoms with Crippen molar-refractivity contribution in [2.24, 2.45) is 7.05 Å². The molecule has 0 aliphatic rings. The van der Waals surface area contributed by atoms with Crippen molar-refractivity contribution in [3.05, 3.63) is 57.5 Å². The van der Waals surface area contributed by atoms with Crippen LogP contribution < -0.4 is 5.73 Å². The molecule has 1 heterocycles. The molecule has 0 atom stereocenters. The molecule has 0 amide bonds. The third-order valence-electron chi connectivity index (χ3n) is 3.78. The number of nitrogens with zero attached hydrogens (tertiary/aromatic N) is 4. The lowest BCUT2D eigenvalue weighted by molar-refractivity contribution is 0.103. The number of ketones is 1. The molecule has 0 aliphatic heterocycles. The van der Waals surface area contributed by atoms with Crippen LogP contribution in [0.25, 0.3) is 10.9 Å². The van der Waals surface area contributed by atoms with Crippen molar-refractivity contribution in [1.82, 2.24) is 9.78 Å². The topological polar surface area (TPSA) is 108 Å². The predicted molar refractivity (Wildman–Crippen MR) is 89.4 cm³/mol. The molecule has 122 valence electrons. The van der Waals surface area contributed by atoms with E-state index in [1.807, 2.05) is 12.1 Å². The Bertz CT molecular complexity index is 1140. The number of nitrogens with two attached hydrogens (primary N) is 1. The fourth-order valence-electron chi connectivity index (χ4n) is 2.71. The summed E-state index contributed by atoms with van der Waals surface area (Å²) in [5.74, 6) is -1.32. The van der Waals surface area contributed by atoms with E-state index >= 15 is 0 Å². The molecule has 3 rings (SSSR count). The minimum Gasteiger partial charge on any atom is -0.398 e. The van der Waals surface area contributed by atoms with Crippen LogP contribution in [0.3, 0.4) is 0 Å². The average molecular weight is 354 g/mol. The molecule has 2 aromatic carbocycles. The second-order valence-electron chi connectivity index (χ2n) is 5.26. The van der Waals surface area contributed by atoms with Gasteiger partial charge in [0.15, 0.2) is 11.5 Å². The number of aryl methyl sites for hydroxylation is 1. The van der Waals surface area contributed by atoms with Gasteiger partial charge in [0.25, 0.3) is 0 Å². The standard InChI is InChI=1S/C17H9ClFN5O/c1-24-16-10(14(7-21)23-24)5-13(22)15(11(16)6-20)17(25)9-4-8(19)2-3-12(9)18/h2-5H,22H2,1H3. The van der Waals surface area contributed by atoms with E-state index < -0.39 is 11.6 Å². The van der Waals surface area contributed by atoms with Crippen LogP contribution in [-0.2, 0) is 7.05 Å². The van der Waals surface area contributed by atoms with Crippen LogP contribution in [0.2, 0.25) is 5.02 Å².